The van der Waals surface area contributed by atoms with E-state index in [9.17, 15) is 13.2 Å². The van der Waals surface area contributed by atoms with Gasteiger partial charge in [-0.2, -0.15) is 0 Å². The molecule has 2 saturated carbocycles. The van der Waals surface area contributed by atoms with Gasteiger partial charge in [-0.15, -0.1) is 10.2 Å². The van der Waals surface area contributed by atoms with E-state index in [0.29, 0.717) is 60.5 Å². The minimum Gasteiger partial charge on any atom is -0.328 e. The number of hydrogen-bond acceptors (Lipinski definition) is 5. The zero-order valence-electron chi connectivity index (χ0n) is 17.4. The molecule has 3 heterocycles. The van der Waals surface area contributed by atoms with Crippen LogP contribution >= 0.6 is 0 Å². The van der Waals surface area contributed by atoms with Crippen LogP contribution in [0.4, 0.5) is 4.79 Å². The Morgan fingerprint density at radius 2 is 1.74 bits per heavy atom. The lowest BCUT2D eigenvalue weighted by Crippen LogP contribution is -2.63. The van der Waals surface area contributed by atoms with Crippen molar-refractivity contribution in [2.45, 2.75) is 56.4 Å². The zero-order valence-corrected chi connectivity index (χ0v) is 18.2. The number of urea groups is 1. The van der Waals surface area contributed by atoms with E-state index in [1.165, 1.54) is 18.4 Å². The molecule has 1 aromatic rings. The first-order valence-electron chi connectivity index (χ1n) is 11.3. The van der Waals surface area contributed by atoms with Crippen molar-refractivity contribution >= 4 is 16.1 Å². The number of amides is 2. The molecule has 6 rings (SSSR count). The second-order valence-corrected chi connectivity index (χ2v) is 11.4. The van der Waals surface area contributed by atoms with Crippen LogP contribution in [0.2, 0.25) is 0 Å². The first kappa shape index (κ1) is 19.5. The summed E-state index contributed by atoms with van der Waals surface area (Å²) in [6.45, 7) is 2.27. The fourth-order valence-electron chi connectivity index (χ4n) is 5.65. The summed E-state index contributed by atoms with van der Waals surface area (Å²) in [4.78, 5) is 20.7. The SMILES string of the molecule is NS(=O)(=O)C1=CC=C(C2CN(C(=O)N3C[C@@H]4CC(c5nnc(C6CC6)[nH]5)CC43)C2)CC1. The minimum atomic E-state index is -3.59. The van der Waals surface area contributed by atoms with Gasteiger partial charge in [-0.1, -0.05) is 11.6 Å². The predicted molar refractivity (Wildman–Crippen MR) is 113 cm³/mol. The Morgan fingerprint density at radius 3 is 2.39 bits per heavy atom. The van der Waals surface area contributed by atoms with E-state index in [-0.39, 0.29) is 6.03 Å². The monoisotopic (exact) mass is 444 g/mol. The molecule has 3 aliphatic carbocycles. The topological polar surface area (TPSA) is 125 Å². The van der Waals surface area contributed by atoms with E-state index < -0.39 is 10.0 Å². The van der Waals surface area contributed by atoms with Gasteiger partial charge in [0.2, 0.25) is 10.0 Å². The Labute approximate surface area is 181 Å². The Morgan fingerprint density at radius 1 is 1.00 bits per heavy atom. The van der Waals surface area contributed by atoms with Gasteiger partial charge in [-0.3, -0.25) is 0 Å². The number of nitrogens with one attached hydrogen (secondary N) is 1. The molecule has 10 heteroatoms. The average Bonchev–Trinajstić information content (AvgIpc) is 3.33. The largest absolute Gasteiger partial charge is 0.328 e. The van der Waals surface area contributed by atoms with Crippen molar-refractivity contribution in [1.82, 2.24) is 25.0 Å². The number of aromatic nitrogens is 3. The summed E-state index contributed by atoms with van der Waals surface area (Å²) >= 11 is 0. The van der Waals surface area contributed by atoms with Gasteiger partial charge in [-0.05, 0) is 50.5 Å². The molecule has 31 heavy (non-hydrogen) atoms. The molecule has 9 nitrogen and oxygen atoms in total. The fourth-order valence-corrected chi connectivity index (χ4v) is 6.29. The molecule has 0 radical (unpaired) electrons. The summed E-state index contributed by atoms with van der Waals surface area (Å²) in [5, 5.41) is 13.9. The number of primary sulfonamides is 1. The number of sulfonamides is 1. The van der Waals surface area contributed by atoms with Crippen LogP contribution in [0.1, 0.15) is 62.0 Å². The molecular formula is C21H28N6O3S. The van der Waals surface area contributed by atoms with E-state index in [1.54, 1.807) is 6.08 Å². The van der Waals surface area contributed by atoms with Crippen LogP contribution in [-0.4, -0.2) is 65.1 Å². The normalized spacial score (nSPS) is 30.9. The van der Waals surface area contributed by atoms with Crippen molar-refractivity contribution in [1.29, 1.82) is 0 Å². The van der Waals surface area contributed by atoms with E-state index in [2.05, 4.69) is 15.2 Å². The van der Waals surface area contributed by atoms with E-state index in [4.69, 9.17) is 5.14 Å². The molecule has 166 valence electrons. The van der Waals surface area contributed by atoms with Crippen LogP contribution in [-0.2, 0) is 10.0 Å². The molecule has 4 fully saturated rings. The van der Waals surface area contributed by atoms with Crippen molar-refractivity contribution in [2.75, 3.05) is 19.6 Å². The predicted octanol–water partition coefficient (Wildman–Crippen LogP) is 1.80. The highest BCUT2D eigenvalue weighted by atomic mass is 32.2. The van der Waals surface area contributed by atoms with Gasteiger partial charge in [0.1, 0.15) is 11.6 Å². The van der Waals surface area contributed by atoms with Gasteiger partial charge in [0.25, 0.3) is 0 Å². The highest BCUT2D eigenvalue weighted by Crippen LogP contribution is 2.47. The van der Waals surface area contributed by atoms with E-state index in [0.717, 1.165) is 31.0 Å². The number of H-pyrrole nitrogens is 1. The number of nitrogens with two attached hydrogens (primary N) is 1. The van der Waals surface area contributed by atoms with E-state index in [1.807, 2.05) is 15.9 Å². The van der Waals surface area contributed by atoms with Crippen LogP contribution < -0.4 is 5.14 Å². The summed E-state index contributed by atoms with van der Waals surface area (Å²) < 4.78 is 22.9. The lowest BCUT2D eigenvalue weighted by atomic mass is 9.86. The highest BCUT2D eigenvalue weighted by molar-refractivity contribution is 7.93. The Balaban J connectivity index is 1.03. The van der Waals surface area contributed by atoms with Crippen molar-refractivity contribution in [3.05, 3.63) is 34.3 Å². The summed E-state index contributed by atoms with van der Waals surface area (Å²) in [5.74, 6) is 3.90. The average molecular weight is 445 g/mol. The van der Waals surface area contributed by atoms with Crippen LogP contribution in [0.3, 0.4) is 0 Å². The van der Waals surface area contributed by atoms with Crippen LogP contribution in [0.15, 0.2) is 22.6 Å². The molecule has 2 unspecified atom stereocenters. The van der Waals surface area contributed by atoms with Crippen molar-refractivity contribution in [3.63, 3.8) is 0 Å². The number of carbonyl (C=O) groups is 1. The number of hydrogen-bond donors (Lipinski definition) is 2. The third-order valence-corrected chi connectivity index (χ3v) is 8.86. The molecule has 0 aromatic carbocycles. The molecule has 5 aliphatic rings. The lowest BCUT2D eigenvalue weighted by molar-refractivity contribution is 0.0283. The maximum atomic E-state index is 13.0. The number of likely N-dealkylation sites (tertiary alicyclic amines) is 2. The van der Waals surface area contributed by atoms with Crippen LogP contribution in [0.25, 0.3) is 0 Å². The number of fused-ring (bicyclic) bond motifs is 1. The lowest BCUT2D eigenvalue weighted by Gasteiger charge is -2.50. The molecule has 0 bridgehead atoms. The molecule has 2 aliphatic heterocycles. The Kier molecular flexibility index (Phi) is 4.34. The minimum absolute atomic E-state index is 0.145. The third-order valence-electron chi connectivity index (χ3n) is 7.79. The van der Waals surface area contributed by atoms with Gasteiger partial charge < -0.3 is 14.8 Å². The van der Waals surface area contributed by atoms with Gasteiger partial charge in [0.05, 0.1) is 4.91 Å². The first-order chi connectivity index (χ1) is 14.9. The fraction of sp³-hybridized carbons (Fsp3) is 0.667. The molecular weight excluding hydrogens is 416 g/mol. The summed E-state index contributed by atoms with van der Waals surface area (Å²) in [7, 11) is -3.59. The van der Waals surface area contributed by atoms with Gasteiger partial charge in [-0.25, -0.2) is 18.4 Å². The van der Waals surface area contributed by atoms with Gasteiger partial charge in [0.15, 0.2) is 0 Å². The second-order valence-electron chi connectivity index (χ2n) is 9.82. The molecule has 3 N–H and O–H groups in total. The van der Waals surface area contributed by atoms with Gasteiger partial charge in [0, 0.05) is 43.4 Å². The summed E-state index contributed by atoms with van der Waals surface area (Å²) in [6, 6.07) is 0.465. The van der Waals surface area contributed by atoms with E-state index >= 15 is 0 Å². The highest BCUT2D eigenvalue weighted by Gasteiger charge is 2.51. The molecule has 0 spiro atoms. The summed E-state index contributed by atoms with van der Waals surface area (Å²) in [6.07, 6.45) is 9.14. The number of allylic oxidation sites excluding steroid dienone is 3. The molecule has 2 saturated heterocycles. The summed E-state index contributed by atoms with van der Waals surface area (Å²) in [5.41, 5.74) is 1.22. The third kappa shape index (κ3) is 3.40. The molecule has 3 atom stereocenters. The first-order valence-corrected chi connectivity index (χ1v) is 12.8. The van der Waals surface area contributed by atoms with Crippen LogP contribution in [0, 0.1) is 11.8 Å². The number of carbonyl (C=O) groups excluding carboxylic acids is 1. The molecule has 1 aromatic heterocycles. The van der Waals surface area contributed by atoms with Crippen LogP contribution in [0.5, 0.6) is 0 Å². The number of nitrogens with zero attached hydrogens (tertiary/aromatic N) is 4. The Hall–Kier alpha value is -2.20. The second kappa shape index (κ2) is 6.90. The number of rotatable bonds is 4. The standard InChI is InChI=1S/C21H28N6O3S/c22-31(29,30)17-5-3-12(4-6-17)16-9-26(10-16)21(28)27-11-15-7-14(8-18(15)27)20-23-19(24-25-20)13-1-2-13/h3,5,13-16,18H,1-2,4,6-11H2,(H2,22,29,30)(H,23,24,25)/t14?,15-,18?/m0/s1. The van der Waals surface area contributed by atoms with Crippen molar-refractivity contribution < 1.29 is 13.2 Å². The molecule has 2 amide bonds. The van der Waals surface area contributed by atoms with Crippen molar-refractivity contribution in [3.8, 4) is 0 Å². The zero-order chi connectivity index (χ0) is 21.3. The van der Waals surface area contributed by atoms with Gasteiger partial charge >= 0.3 is 6.03 Å². The Bertz CT molecular complexity index is 1080. The smallest absolute Gasteiger partial charge is 0.320 e. The maximum absolute atomic E-state index is 13.0. The van der Waals surface area contributed by atoms with Crippen molar-refractivity contribution in [2.24, 2.45) is 17.0 Å². The quantitative estimate of drug-likeness (QED) is 0.733. The number of aromatic amines is 1. The maximum Gasteiger partial charge on any atom is 0.320 e.